The first-order valence-electron chi connectivity index (χ1n) is 6.65. The van der Waals surface area contributed by atoms with Crippen molar-refractivity contribution in [3.8, 4) is 5.75 Å². The van der Waals surface area contributed by atoms with E-state index in [1.807, 2.05) is 6.07 Å². The first-order chi connectivity index (χ1) is 11.2. The Hall–Kier alpha value is -1.60. The van der Waals surface area contributed by atoms with Crippen molar-refractivity contribution in [1.82, 2.24) is 0 Å². The molecule has 0 bridgehead atoms. The summed E-state index contributed by atoms with van der Waals surface area (Å²) in [7, 11) is 1.15. The summed E-state index contributed by atoms with van der Waals surface area (Å²) in [5.41, 5.74) is -0.329. The molecule has 0 unspecified atom stereocenters. The number of ether oxygens (including phenoxy) is 1. The summed E-state index contributed by atoms with van der Waals surface area (Å²) in [6.07, 6.45) is -1.84. The van der Waals surface area contributed by atoms with Crippen LogP contribution in [0.1, 0.15) is 21.5 Å². The number of rotatable bonds is 4. The number of carbonyl (C=O) groups excluding carboxylic acids is 1. The smallest absolute Gasteiger partial charge is 0.419 e. The van der Waals surface area contributed by atoms with Crippen LogP contribution in [0.4, 0.5) is 13.2 Å². The first kappa shape index (κ1) is 18.7. The van der Waals surface area contributed by atoms with E-state index in [1.165, 1.54) is 18.2 Å². The molecule has 7 heteroatoms. The lowest BCUT2D eigenvalue weighted by Gasteiger charge is -2.12. The number of hydrogen-bond acceptors (Lipinski definition) is 2. The van der Waals surface area contributed by atoms with Crippen molar-refractivity contribution in [2.45, 2.75) is 6.18 Å². The molecule has 0 atom stereocenters. The van der Waals surface area contributed by atoms with Crippen LogP contribution in [0.25, 0.3) is 6.08 Å². The highest BCUT2D eigenvalue weighted by Crippen LogP contribution is 2.36. The average molecular weight is 464 g/mol. The Bertz CT molecular complexity index is 779. The predicted molar refractivity (Wildman–Crippen MR) is 93.2 cm³/mol. The maximum Gasteiger partial charge on any atom is 0.419 e. The molecule has 0 aliphatic heterocycles. The highest BCUT2D eigenvalue weighted by atomic mass is 79.9. The van der Waals surface area contributed by atoms with Crippen LogP contribution in [-0.2, 0) is 6.18 Å². The lowest BCUT2D eigenvalue weighted by Crippen LogP contribution is -2.09. The van der Waals surface area contributed by atoms with Gasteiger partial charge in [0, 0.05) is 20.1 Å². The number of hydrogen-bond donors (Lipinski definition) is 0. The third-order valence-corrected chi connectivity index (χ3v) is 4.57. The van der Waals surface area contributed by atoms with Crippen molar-refractivity contribution >= 4 is 43.7 Å². The van der Waals surface area contributed by atoms with E-state index in [0.29, 0.717) is 0 Å². The molecule has 0 spiro atoms. The van der Waals surface area contributed by atoms with Gasteiger partial charge in [0.05, 0.1) is 12.7 Å². The molecule has 0 fully saturated rings. The summed E-state index contributed by atoms with van der Waals surface area (Å²) in [5.74, 6) is -0.859. The van der Waals surface area contributed by atoms with Crippen molar-refractivity contribution in [3.05, 3.63) is 68.1 Å². The first-order valence-corrected chi connectivity index (χ1v) is 8.24. The fraction of sp³-hybridized carbons (Fsp3) is 0.118. The zero-order valence-corrected chi connectivity index (χ0v) is 15.5. The largest absolute Gasteiger partial charge is 0.496 e. The molecular formula is C17H11Br2F3O2. The number of ketones is 1. The third kappa shape index (κ3) is 4.27. The van der Waals surface area contributed by atoms with Crippen LogP contribution in [0.2, 0.25) is 0 Å². The summed E-state index contributed by atoms with van der Waals surface area (Å²) in [6, 6.07) is 8.63. The van der Waals surface area contributed by atoms with Gasteiger partial charge < -0.3 is 4.74 Å². The molecule has 0 aromatic heterocycles. The van der Waals surface area contributed by atoms with Gasteiger partial charge in [-0.05, 0) is 42.5 Å². The Morgan fingerprint density at radius 3 is 2.29 bits per heavy atom. The number of carbonyl (C=O) groups is 1. The van der Waals surface area contributed by atoms with Gasteiger partial charge in [0.15, 0.2) is 5.78 Å². The van der Waals surface area contributed by atoms with Crippen LogP contribution >= 0.6 is 31.9 Å². The summed E-state index contributed by atoms with van der Waals surface area (Å²) in [6.45, 7) is 0. The number of alkyl halides is 3. The summed E-state index contributed by atoms with van der Waals surface area (Å²) in [5, 5.41) is 0. The van der Waals surface area contributed by atoms with Crippen molar-refractivity contribution in [2.75, 3.05) is 7.11 Å². The average Bonchev–Trinajstić information content (AvgIpc) is 2.52. The van der Waals surface area contributed by atoms with E-state index in [4.69, 9.17) is 4.74 Å². The lowest BCUT2D eigenvalue weighted by molar-refractivity contribution is -0.138. The van der Waals surface area contributed by atoms with E-state index >= 15 is 0 Å². The molecule has 0 N–H and O–H groups in total. The van der Waals surface area contributed by atoms with Crippen molar-refractivity contribution in [2.24, 2.45) is 0 Å². The van der Waals surface area contributed by atoms with Gasteiger partial charge >= 0.3 is 6.18 Å². The van der Waals surface area contributed by atoms with Gasteiger partial charge in [-0.1, -0.05) is 37.9 Å². The Morgan fingerprint density at radius 2 is 1.75 bits per heavy atom. The van der Waals surface area contributed by atoms with Gasteiger partial charge in [0.2, 0.25) is 0 Å². The van der Waals surface area contributed by atoms with Gasteiger partial charge in [0.1, 0.15) is 5.75 Å². The number of methoxy groups -OCH3 is 1. The molecule has 0 saturated heterocycles. The second-order valence-corrected chi connectivity index (χ2v) is 6.45. The maximum absolute atomic E-state index is 13.0. The van der Waals surface area contributed by atoms with Crippen LogP contribution in [-0.4, -0.2) is 12.9 Å². The minimum Gasteiger partial charge on any atom is -0.496 e. The van der Waals surface area contributed by atoms with Crippen LogP contribution in [0.3, 0.4) is 0 Å². The molecule has 126 valence electrons. The van der Waals surface area contributed by atoms with Crippen LogP contribution in [0.5, 0.6) is 5.75 Å². The minimum absolute atomic E-state index is 0.0671. The van der Waals surface area contributed by atoms with Crippen molar-refractivity contribution in [1.29, 1.82) is 0 Å². The van der Waals surface area contributed by atoms with E-state index in [2.05, 4.69) is 31.9 Å². The molecule has 0 radical (unpaired) electrons. The lowest BCUT2D eigenvalue weighted by atomic mass is 10.0. The quantitative estimate of drug-likeness (QED) is 0.402. The van der Waals surface area contributed by atoms with Gasteiger partial charge in [-0.2, -0.15) is 13.2 Å². The zero-order chi connectivity index (χ0) is 17.9. The van der Waals surface area contributed by atoms with Crippen molar-refractivity contribution < 1.29 is 22.7 Å². The van der Waals surface area contributed by atoms with E-state index in [-0.39, 0.29) is 11.3 Å². The zero-order valence-electron chi connectivity index (χ0n) is 12.3. The molecule has 2 aromatic carbocycles. The summed E-state index contributed by atoms with van der Waals surface area (Å²) < 4.78 is 45.3. The van der Waals surface area contributed by atoms with Crippen LogP contribution < -0.4 is 4.74 Å². The fourth-order valence-corrected chi connectivity index (χ4v) is 3.27. The topological polar surface area (TPSA) is 26.3 Å². The second-order valence-electron chi connectivity index (χ2n) is 4.75. The molecule has 0 aliphatic rings. The Kier molecular flexibility index (Phi) is 5.87. The van der Waals surface area contributed by atoms with Gasteiger partial charge in [-0.15, -0.1) is 0 Å². The minimum atomic E-state index is -4.60. The molecule has 2 aromatic rings. The van der Waals surface area contributed by atoms with Gasteiger partial charge in [0.25, 0.3) is 0 Å². The standard InChI is InChI=1S/C17H11Br2F3O2/c1-24-16-8-5-10(9-12(16)17(20,21)22)15(23)7-6-11-13(18)3-2-4-14(11)19/h2-9H,1H3/b7-6+. The molecule has 24 heavy (non-hydrogen) atoms. The highest BCUT2D eigenvalue weighted by Gasteiger charge is 2.34. The number of benzene rings is 2. The van der Waals surface area contributed by atoms with Gasteiger partial charge in [-0.3, -0.25) is 4.79 Å². The molecule has 2 rings (SSSR count). The van der Waals surface area contributed by atoms with Gasteiger partial charge in [-0.25, -0.2) is 0 Å². The molecule has 0 heterocycles. The van der Waals surface area contributed by atoms with E-state index < -0.39 is 17.5 Å². The SMILES string of the molecule is COc1ccc(C(=O)/C=C/c2c(Br)cccc2Br)cc1C(F)(F)F. The number of halogens is 5. The predicted octanol–water partition coefficient (Wildman–Crippen LogP) is 6.14. The van der Waals surface area contributed by atoms with Crippen LogP contribution in [0, 0.1) is 0 Å². The summed E-state index contributed by atoms with van der Waals surface area (Å²) >= 11 is 6.70. The monoisotopic (exact) mass is 462 g/mol. The molecule has 0 aliphatic carbocycles. The molecular weight excluding hydrogens is 453 g/mol. The maximum atomic E-state index is 13.0. The normalized spacial score (nSPS) is 11.8. The Morgan fingerprint density at radius 1 is 1.12 bits per heavy atom. The molecule has 2 nitrogen and oxygen atoms in total. The van der Waals surface area contributed by atoms with E-state index in [0.717, 1.165) is 33.8 Å². The fourth-order valence-electron chi connectivity index (χ4n) is 2.01. The molecule has 0 amide bonds. The Balaban J connectivity index is 2.35. The number of allylic oxidation sites excluding steroid dienone is 1. The van der Waals surface area contributed by atoms with E-state index in [9.17, 15) is 18.0 Å². The van der Waals surface area contributed by atoms with E-state index in [1.54, 1.807) is 12.1 Å². The summed E-state index contributed by atoms with van der Waals surface area (Å²) in [4.78, 5) is 12.2. The van der Waals surface area contributed by atoms with Crippen LogP contribution in [0.15, 0.2) is 51.4 Å². The Labute approximate surface area is 153 Å². The molecule has 0 saturated carbocycles. The highest BCUT2D eigenvalue weighted by molar-refractivity contribution is 9.11. The van der Waals surface area contributed by atoms with Crippen molar-refractivity contribution in [3.63, 3.8) is 0 Å². The third-order valence-electron chi connectivity index (χ3n) is 3.19. The second kappa shape index (κ2) is 7.53.